The second-order valence-electron chi connectivity index (χ2n) is 8.32. The van der Waals surface area contributed by atoms with Gasteiger partial charge in [0.05, 0.1) is 24.0 Å². The number of aromatic nitrogens is 3. The third-order valence-electron chi connectivity index (χ3n) is 6.07. The third kappa shape index (κ3) is 5.51. The van der Waals surface area contributed by atoms with Crippen LogP contribution in [0.15, 0.2) is 61.1 Å². The summed E-state index contributed by atoms with van der Waals surface area (Å²) >= 11 is 0. The normalized spacial score (nSPS) is 16.7. The van der Waals surface area contributed by atoms with Gasteiger partial charge in [-0.05, 0) is 37.1 Å². The lowest BCUT2D eigenvalue weighted by atomic mass is 9.89. The highest BCUT2D eigenvalue weighted by atomic mass is 19.4. The molecule has 1 N–H and O–H groups in total. The van der Waals surface area contributed by atoms with Gasteiger partial charge in [0.15, 0.2) is 0 Å². The largest absolute Gasteiger partial charge is 0.490 e. The second-order valence-corrected chi connectivity index (χ2v) is 8.32. The Bertz CT molecular complexity index is 1170. The van der Waals surface area contributed by atoms with Gasteiger partial charge in [0, 0.05) is 36.6 Å². The zero-order valence-electron chi connectivity index (χ0n) is 18.6. The number of amides is 1. The van der Waals surface area contributed by atoms with Gasteiger partial charge in [-0.2, -0.15) is 13.2 Å². The summed E-state index contributed by atoms with van der Waals surface area (Å²) in [7, 11) is 0. The number of likely N-dealkylation sites (tertiary alicyclic amines) is 1. The molecular formula is C24H23F3N4O4. The van der Waals surface area contributed by atoms with E-state index in [1.54, 1.807) is 6.20 Å². The number of pyridine rings is 1. The van der Waals surface area contributed by atoms with Crippen LogP contribution in [-0.4, -0.2) is 61.3 Å². The zero-order chi connectivity index (χ0) is 25.1. The van der Waals surface area contributed by atoms with Gasteiger partial charge >= 0.3 is 12.1 Å². The van der Waals surface area contributed by atoms with E-state index in [1.807, 2.05) is 53.7 Å². The highest BCUT2D eigenvalue weighted by Crippen LogP contribution is 2.36. The number of hydrogen-bond acceptors (Lipinski definition) is 5. The smallest absolute Gasteiger partial charge is 0.475 e. The van der Waals surface area contributed by atoms with E-state index in [0.717, 1.165) is 42.0 Å². The van der Waals surface area contributed by atoms with E-state index in [0.29, 0.717) is 19.7 Å². The zero-order valence-corrected chi connectivity index (χ0v) is 18.6. The number of carbonyl (C=O) groups is 2. The summed E-state index contributed by atoms with van der Waals surface area (Å²) in [4.78, 5) is 32.3. The van der Waals surface area contributed by atoms with E-state index < -0.39 is 12.1 Å². The molecule has 8 nitrogen and oxygen atoms in total. The summed E-state index contributed by atoms with van der Waals surface area (Å²) in [5, 5.41) is 7.12. The van der Waals surface area contributed by atoms with Crippen molar-refractivity contribution in [2.75, 3.05) is 13.1 Å². The molecule has 0 unspecified atom stereocenters. The van der Waals surface area contributed by atoms with E-state index in [2.05, 4.69) is 20.6 Å². The lowest BCUT2D eigenvalue weighted by molar-refractivity contribution is -0.192. The predicted octanol–water partition coefficient (Wildman–Crippen LogP) is 3.78. The molecule has 11 heteroatoms. The standard InChI is InChI=1S/C22H22N4O2.C2HF3O2/c27-21(17-5-2-1-3-6-17)25-11-8-22(9-12-25)16-26-19(14-24-20(26)15-28-22)18-7-4-10-23-13-18;3-2(4,5)1(6)7/h1-7,10,13-14H,8-9,11-12,15-16H2;(H,6,7). The van der Waals surface area contributed by atoms with E-state index in [9.17, 15) is 18.0 Å². The Kier molecular flexibility index (Phi) is 6.88. The van der Waals surface area contributed by atoms with Crippen LogP contribution in [0.3, 0.4) is 0 Å². The van der Waals surface area contributed by atoms with Gasteiger partial charge in [-0.3, -0.25) is 9.78 Å². The molecule has 1 spiro atoms. The molecule has 1 fully saturated rings. The van der Waals surface area contributed by atoms with Crippen LogP contribution in [0.5, 0.6) is 0 Å². The lowest BCUT2D eigenvalue weighted by Crippen LogP contribution is -2.52. The van der Waals surface area contributed by atoms with Gasteiger partial charge in [0.1, 0.15) is 12.4 Å². The molecule has 184 valence electrons. The van der Waals surface area contributed by atoms with Crippen molar-refractivity contribution in [1.82, 2.24) is 19.4 Å². The average molecular weight is 488 g/mol. The summed E-state index contributed by atoms with van der Waals surface area (Å²) in [6, 6.07) is 13.5. The van der Waals surface area contributed by atoms with Gasteiger partial charge in [-0.15, -0.1) is 0 Å². The molecule has 1 amide bonds. The molecule has 4 heterocycles. The number of halogens is 3. The van der Waals surface area contributed by atoms with Crippen molar-refractivity contribution in [3.63, 3.8) is 0 Å². The van der Waals surface area contributed by atoms with Crippen molar-refractivity contribution in [2.45, 2.75) is 37.8 Å². The van der Waals surface area contributed by atoms with E-state index in [4.69, 9.17) is 14.6 Å². The summed E-state index contributed by atoms with van der Waals surface area (Å²) in [6.07, 6.45) is 2.13. The maximum Gasteiger partial charge on any atom is 0.490 e. The fourth-order valence-corrected chi connectivity index (χ4v) is 4.18. The monoisotopic (exact) mass is 488 g/mol. The molecule has 2 aromatic heterocycles. The number of carboxylic acids is 1. The Morgan fingerprint density at radius 1 is 1.03 bits per heavy atom. The number of rotatable bonds is 2. The number of hydrogen-bond donors (Lipinski definition) is 1. The van der Waals surface area contributed by atoms with Crippen molar-refractivity contribution in [2.24, 2.45) is 0 Å². The van der Waals surface area contributed by atoms with Gasteiger partial charge in [0.25, 0.3) is 5.91 Å². The van der Waals surface area contributed by atoms with Crippen LogP contribution in [-0.2, 0) is 22.7 Å². The Morgan fingerprint density at radius 2 is 1.71 bits per heavy atom. The van der Waals surface area contributed by atoms with Crippen LogP contribution in [0.4, 0.5) is 13.2 Å². The van der Waals surface area contributed by atoms with Crippen LogP contribution < -0.4 is 0 Å². The minimum absolute atomic E-state index is 0.102. The minimum Gasteiger partial charge on any atom is -0.475 e. The number of nitrogens with zero attached hydrogens (tertiary/aromatic N) is 4. The van der Waals surface area contributed by atoms with Gasteiger partial charge in [0.2, 0.25) is 0 Å². The second kappa shape index (κ2) is 9.87. The highest BCUT2D eigenvalue weighted by Gasteiger charge is 2.41. The van der Waals surface area contributed by atoms with Gasteiger partial charge in [-0.25, -0.2) is 9.78 Å². The molecule has 0 radical (unpaired) electrons. The molecule has 3 aromatic rings. The summed E-state index contributed by atoms with van der Waals surface area (Å²) in [5.74, 6) is -1.70. The summed E-state index contributed by atoms with van der Waals surface area (Å²) in [5.41, 5.74) is 2.65. The first-order valence-corrected chi connectivity index (χ1v) is 10.9. The SMILES string of the molecule is O=C(O)C(F)(F)F.O=C(c1ccccc1)N1CCC2(CC1)Cn1c(-c3cccnc3)cnc1CO2. The molecule has 1 saturated heterocycles. The maximum atomic E-state index is 12.7. The molecule has 2 aliphatic rings. The summed E-state index contributed by atoms with van der Waals surface area (Å²) < 4.78 is 40.3. The number of alkyl halides is 3. The third-order valence-corrected chi connectivity index (χ3v) is 6.07. The van der Waals surface area contributed by atoms with Crippen LogP contribution in [0.2, 0.25) is 0 Å². The molecule has 35 heavy (non-hydrogen) atoms. The molecule has 5 rings (SSSR count). The van der Waals surface area contributed by atoms with Gasteiger partial charge < -0.3 is 19.3 Å². The first kappa shape index (κ1) is 24.4. The average Bonchev–Trinajstić information content (AvgIpc) is 3.28. The molecule has 2 aliphatic heterocycles. The van der Waals surface area contributed by atoms with Crippen LogP contribution >= 0.6 is 0 Å². The first-order chi connectivity index (χ1) is 16.7. The number of ether oxygens (including phenoxy) is 1. The number of carboxylic acid groups (broad SMARTS) is 1. The van der Waals surface area contributed by atoms with Gasteiger partial charge in [-0.1, -0.05) is 18.2 Å². The van der Waals surface area contributed by atoms with Crippen molar-refractivity contribution in [3.05, 3.63) is 72.4 Å². The van der Waals surface area contributed by atoms with E-state index in [-0.39, 0.29) is 11.5 Å². The van der Waals surface area contributed by atoms with E-state index >= 15 is 0 Å². The topological polar surface area (TPSA) is 97.6 Å². The number of aliphatic carboxylic acids is 1. The Balaban J connectivity index is 0.000000364. The van der Waals surface area contributed by atoms with E-state index in [1.165, 1.54) is 0 Å². The van der Waals surface area contributed by atoms with Crippen LogP contribution in [0, 0.1) is 0 Å². The summed E-state index contributed by atoms with van der Waals surface area (Å²) in [6.45, 7) is 2.69. The number of benzene rings is 1. The molecular weight excluding hydrogens is 465 g/mol. The Labute approximate surface area is 199 Å². The van der Waals surface area contributed by atoms with Crippen molar-refractivity contribution < 1.29 is 32.6 Å². The number of carbonyl (C=O) groups excluding carboxylic acids is 1. The molecule has 1 aromatic carbocycles. The first-order valence-electron chi connectivity index (χ1n) is 10.9. The maximum absolute atomic E-state index is 12.7. The van der Waals surface area contributed by atoms with Crippen LogP contribution in [0.1, 0.15) is 29.0 Å². The fourth-order valence-electron chi connectivity index (χ4n) is 4.18. The quantitative estimate of drug-likeness (QED) is 0.590. The van der Waals surface area contributed by atoms with Crippen molar-refractivity contribution in [3.8, 4) is 11.3 Å². The Hall–Kier alpha value is -3.73. The predicted molar refractivity (Wildman–Crippen MR) is 118 cm³/mol. The molecule has 0 aliphatic carbocycles. The number of fused-ring (bicyclic) bond motifs is 1. The van der Waals surface area contributed by atoms with Crippen molar-refractivity contribution >= 4 is 11.9 Å². The molecule has 0 atom stereocenters. The molecule has 0 bridgehead atoms. The van der Waals surface area contributed by atoms with Crippen LogP contribution in [0.25, 0.3) is 11.3 Å². The minimum atomic E-state index is -5.08. The highest BCUT2D eigenvalue weighted by molar-refractivity contribution is 5.94. The lowest BCUT2D eigenvalue weighted by Gasteiger charge is -2.44. The number of piperidine rings is 1. The number of imidazole rings is 1. The van der Waals surface area contributed by atoms with Crippen molar-refractivity contribution in [1.29, 1.82) is 0 Å². The fraction of sp³-hybridized carbons (Fsp3) is 0.333. The molecule has 0 saturated carbocycles. The Morgan fingerprint density at radius 3 is 2.31 bits per heavy atom.